The molecule has 0 aromatic heterocycles. The number of anilines is 2. The molecule has 0 aliphatic carbocycles. The van der Waals surface area contributed by atoms with Crippen molar-refractivity contribution >= 4 is 23.2 Å². The molecule has 196 valence electrons. The molecule has 0 spiro atoms. The summed E-state index contributed by atoms with van der Waals surface area (Å²) in [6, 6.07) is 15.6. The Morgan fingerprint density at radius 2 is 1.30 bits per heavy atom. The number of nitrogens with one attached hydrogen (secondary N) is 2. The zero-order chi connectivity index (χ0) is 27.6. The Morgan fingerprint density at radius 1 is 0.730 bits per heavy atom. The molecule has 0 aliphatic heterocycles. The van der Waals surface area contributed by atoms with Gasteiger partial charge in [-0.3, -0.25) is 9.59 Å². The third-order valence-corrected chi connectivity index (χ3v) is 5.56. The highest BCUT2D eigenvalue weighted by atomic mass is 19.4. The van der Waals surface area contributed by atoms with Gasteiger partial charge in [0.05, 0.1) is 6.42 Å². The molecule has 2 amide bonds. The molecule has 0 fully saturated rings. The van der Waals surface area contributed by atoms with Gasteiger partial charge >= 0.3 is 18.0 Å². The molecule has 2 N–H and O–H groups in total. The number of alkyl halides is 7. The van der Waals surface area contributed by atoms with Crippen molar-refractivity contribution in [2.24, 2.45) is 0 Å². The number of hydrogen-bond donors (Lipinski definition) is 2. The molecule has 3 aromatic rings. The minimum absolute atomic E-state index is 0.0333. The molecule has 11 heteroatoms. The van der Waals surface area contributed by atoms with Gasteiger partial charge in [-0.2, -0.15) is 26.3 Å². The van der Waals surface area contributed by atoms with Gasteiger partial charge in [0, 0.05) is 22.5 Å². The van der Waals surface area contributed by atoms with Crippen LogP contribution in [0, 0.1) is 13.8 Å². The molecule has 37 heavy (non-hydrogen) atoms. The lowest BCUT2D eigenvalue weighted by atomic mass is 9.90. The van der Waals surface area contributed by atoms with Crippen molar-refractivity contribution in [3.8, 4) is 0 Å². The Bertz CT molecular complexity index is 1270. The number of hydrogen-bond acceptors (Lipinski definition) is 2. The largest absolute Gasteiger partial charge is 0.435 e. The Kier molecular flexibility index (Phi) is 7.66. The summed E-state index contributed by atoms with van der Waals surface area (Å²) >= 11 is 0. The summed E-state index contributed by atoms with van der Waals surface area (Å²) < 4.78 is 93.2. The van der Waals surface area contributed by atoms with Gasteiger partial charge in [-0.15, -0.1) is 0 Å². The van der Waals surface area contributed by atoms with Crippen LogP contribution in [-0.2, 0) is 16.9 Å². The molecule has 0 radical (unpaired) electrons. The second-order valence-corrected chi connectivity index (χ2v) is 8.38. The normalized spacial score (nSPS) is 12.2. The standard InChI is InChI=1S/C26H21F7N2O2/c1-15-11-19(24(27,25(28,29)30)26(31,32)33)12-16(2)22(15)35-21(36)14-17-7-6-10-20(13-17)34-23(37)18-8-4-3-5-9-18/h3-13H,14H2,1-2H3,(H,34,37)(H,35,36). The van der Waals surface area contributed by atoms with Gasteiger partial charge in [0.1, 0.15) is 0 Å². The second-order valence-electron chi connectivity index (χ2n) is 8.38. The maximum atomic E-state index is 14.4. The number of benzene rings is 3. The van der Waals surface area contributed by atoms with Crippen LogP contribution in [-0.4, -0.2) is 24.2 Å². The van der Waals surface area contributed by atoms with Crippen LogP contribution < -0.4 is 10.6 Å². The first-order valence-corrected chi connectivity index (χ1v) is 10.8. The molecule has 0 atom stereocenters. The summed E-state index contributed by atoms with van der Waals surface area (Å²) in [5.41, 5.74) is -6.26. The van der Waals surface area contributed by atoms with Gasteiger partial charge in [-0.05, 0) is 54.8 Å². The highest BCUT2D eigenvalue weighted by Gasteiger charge is 2.73. The van der Waals surface area contributed by atoms with Crippen molar-refractivity contribution < 1.29 is 40.3 Å². The highest BCUT2D eigenvalue weighted by molar-refractivity contribution is 6.04. The van der Waals surface area contributed by atoms with E-state index in [1.807, 2.05) is 0 Å². The topological polar surface area (TPSA) is 58.2 Å². The lowest BCUT2D eigenvalue weighted by Crippen LogP contribution is -2.50. The number of amides is 2. The molecule has 0 saturated heterocycles. The van der Waals surface area contributed by atoms with E-state index in [0.717, 1.165) is 0 Å². The number of carbonyl (C=O) groups is 2. The minimum Gasteiger partial charge on any atom is -0.325 e. The van der Waals surface area contributed by atoms with Crippen molar-refractivity contribution in [3.63, 3.8) is 0 Å². The average Bonchev–Trinajstić information content (AvgIpc) is 2.80. The highest BCUT2D eigenvalue weighted by Crippen LogP contribution is 2.53. The molecule has 0 bridgehead atoms. The summed E-state index contributed by atoms with van der Waals surface area (Å²) in [7, 11) is 0. The zero-order valence-corrected chi connectivity index (χ0v) is 19.5. The fourth-order valence-corrected chi connectivity index (χ4v) is 3.77. The van der Waals surface area contributed by atoms with Crippen molar-refractivity contribution in [2.45, 2.75) is 38.3 Å². The lowest BCUT2D eigenvalue weighted by molar-refractivity contribution is -0.348. The summed E-state index contributed by atoms with van der Waals surface area (Å²) in [5.74, 6) is -0.987. The minimum atomic E-state index is -6.24. The third kappa shape index (κ3) is 5.92. The number of aryl methyl sites for hydroxylation is 2. The Hall–Kier alpha value is -3.89. The van der Waals surface area contributed by atoms with Crippen LogP contribution in [0.1, 0.15) is 32.6 Å². The van der Waals surface area contributed by atoms with E-state index in [0.29, 0.717) is 28.9 Å². The van der Waals surface area contributed by atoms with E-state index in [1.165, 1.54) is 13.8 Å². The summed E-state index contributed by atoms with van der Waals surface area (Å²) in [6.07, 6.45) is -12.7. The van der Waals surface area contributed by atoms with Gasteiger partial charge in [0.15, 0.2) is 0 Å². The molecular formula is C26H21F7N2O2. The van der Waals surface area contributed by atoms with Crippen LogP contribution in [0.4, 0.5) is 42.1 Å². The molecule has 0 heterocycles. The number of halogens is 7. The van der Waals surface area contributed by atoms with E-state index in [9.17, 15) is 40.3 Å². The van der Waals surface area contributed by atoms with Gasteiger partial charge in [-0.1, -0.05) is 42.5 Å². The first-order valence-electron chi connectivity index (χ1n) is 10.8. The van der Waals surface area contributed by atoms with Gasteiger partial charge in [0.2, 0.25) is 5.91 Å². The van der Waals surface area contributed by atoms with Crippen LogP contribution in [0.25, 0.3) is 0 Å². The zero-order valence-electron chi connectivity index (χ0n) is 19.5. The molecule has 0 saturated carbocycles. The predicted molar refractivity (Wildman–Crippen MR) is 124 cm³/mol. The van der Waals surface area contributed by atoms with Gasteiger partial charge in [-0.25, -0.2) is 4.39 Å². The molecule has 4 nitrogen and oxygen atoms in total. The monoisotopic (exact) mass is 526 g/mol. The molecular weight excluding hydrogens is 505 g/mol. The molecule has 3 rings (SSSR count). The Balaban J connectivity index is 1.78. The fraction of sp³-hybridized carbons (Fsp3) is 0.231. The molecule has 0 unspecified atom stereocenters. The molecule has 0 aliphatic rings. The lowest BCUT2D eigenvalue weighted by Gasteiger charge is -2.31. The third-order valence-electron chi connectivity index (χ3n) is 5.56. The number of rotatable bonds is 6. The van der Waals surface area contributed by atoms with Gasteiger partial charge < -0.3 is 10.6 Å². The maximum Gasteiger partial charge on any atom is 0.435 e. The number of carbonyl (C=O) groups excluding carboxylic acids is 2. The van der Waals surface area contributed by atoms with Crippen molar-refractivity contribution in [1.82, 2.24) is 0 Å². The quantitative estimate of drug-likeness (QED) is 0.339. The smallest absolute Gasteiger partial charge is 0.325 e. The summed E-state index contributed by atoms with van der Waals surface area (Å²) in [6.45, 7) is 2.33. The summed E-state index contributed by atoms with van der Waals surface area (Å²) in [4.78, 5) is 24.9. The maximum absolute atomic E-state index is 14.4. The molecule has 3 aromatic carbocycles. The van der Waals surface area contributed by atoms with Crippen molar-refractivity contribution in [2.75, 3.05) is 10.6 Å². The Morgan fingerprint density at radius 3 is 1.84 bits per heavy atom. The predicted octanol–water partition coefficient (Wildman–Crippen LogP) is 7.03. The fourth-order valence-electron chi connectivity index (χ4n) is 3.77. The first kappa shape index (κ1) is 27.7. The van der Waals surface area contributed by atoms with Crippen molar-refractivity contribution in [1.29, 1.82) is 0 Å². The van der Waals surface area contributed by atoms with Crippen molar-refractivity contribution in [3.05, 3.63) is 94.5 Å². The van der Waals surface area contributed by atoms with Crippen LogP contribution in [0.5, 0.6) is 0 Å². The first-order chi connectivity index (χ1) is 17.1. The van der Waals surface area contributed by atoms with Gasteiger partial charge in [0.25, 0.3) is 5.91 Å². The van der Waals surface area contributed by atoms with Crippen LogP contribution in [0.2, 0.25) is 0 Å². The van der Waals surface area contributed by atoms with E-state index in [-0.39, 0.29) is 29.1 Å². The van der Waals surface area contributed by atoms with Crippen LogP contribution >= 0.6 is 0 Å². The van der Waals surface area contributed by atoms with E-state index < -0.39 is 29.5 Å². The van der Waals surface area contributed by atoms with Crippen LogP contribution in [0.3, 0.4) is 0 Å². The SMILES string of the molecule is Cc1cc(C(F)(C(F)(F)F)C(F)(F)F)cc(C)c1NC(=O)Cc1cccc(NC(=O)c2ccccc2)c1. The summed E-state index contributed by atoms with van der Waals surface area (Å²) in [5, 5.41) is 5.15. The van der Waals surface area contributed by atoms with Crippen LogP contribution in [0.15, 0.2) is 66.7 Å². The van der Waals surface area contributed by atoms with E-state index in [4.69, 9.17) is 0 Å². The van der Waals surface area contributed by atoms with E-state index in [1.54, 1.807) is 54.6 Å². The average molecular weight is 526 g/mol. The second kappa shape index (κ2) is 10.2. The van der Waals surface area contributed by atoms with E-state index >= 15 is 0 Å². The Labute approximate surface area is 207 Å². The van der Waals surface area contributed by atoms with E-state index in [2.05, 4.69) is 10.6 Å².